The molecule has 0 aromatic heterocycles. The van der Waals surface area contributed by atoms with Gasteiger partial charge in [0.15, 0.2) is 0 Å². The van der Waals surface area contributed by atoms with Gasteiger partial charge in [0.2, 0.25) is 0 Å². The summed E-state index contributed by atoms with van der Waals surface area (Å²) in [6.45, 7) is 1.22. The molecule has 0 radical (unpaired) electrons. The predicted octanol–water partition coefficient (Wildman–Crippen LogP) is 6.07. The fourth-order valence-corrected chi connectivity index (χ4v) is 7.16. The minimum atomic E-state index is -5.73. The van der Waals surface area contributed by atoms with Gasteiger partial charge in [0.05, 0.1) is 18.6 Å². The lowest BCUT2D eigenvalue weighted by atomic mass is 9.49. The molecule has 192 valence electrons. The number of rotatable bonds is 14. The number of carbonyl (C=O) groups excluding carboxylic acids is 1. The molecule has 10 heteroatoms. The molecule has 0 heterocycles. The Bertz CT molecular complexity index is 748. The smallest absolute Gasteiger partial charge is 0.431 e. The van der Waals surface area contributed by atoms with E-state index in [-0.39, 0.29) is 37.3 Å². The molecule has 33 heavy (non-hydrogen) atoms. The lowest BCUT2D eigenvalue weighted by Crippen LogP contribution is -2.50. The summed E-state index contributed by atoms with van der Waals surface area (Å²) in [4.78, 5) is 12.7. The van der Waals surface area contributed by atoms with Crippen molar-refractivity contribution in [3.8, 4) is 0 Å². The zero-order chi connectivity index (χ0) is 24.3. The van der Waals surface area contributed by atoms with Gasteiger partial charge in [0.25, 0.3) is 0 Å². The maximum Gasteiger partial charge on any atom is 0.431 e. The van der Waals surface area contributed by atoms with Crippen molar-refractivity contribution >= 4 is 16.1 Å². The van der Waals surface area contributed by atoms with Crippen molar-refractivity contribution in [1.82, 2.24) is 0 Å². The number of unbranched alkanes of at least 4 members (excludes halogenated alkanes) is 4. The van der Waals surface area contributed by atoms with Crippen molar-refractivity contribution in [3.63, 3.8) is 0 Å². The van der Waals surface area contributed by atoms with E-state index in [2.05, 4.69) is 4.18 Å². The molecule has 4 aliphatic carbocycles. The fraction of sp³-hybridized carbons (Fsp3) is 0.957. The van der Waals surface area contributed by atoms with E-state index in [1.54, 1.807) is 6.92 Å². The van der Waals surface area contributed by atoms with Gasteiger partial charge in [-0.2, -0.15) is 26.0 Å². The third kappa shape index (κ3) is 5.85. The number of halogens is 4. The maximum atomic E-state index is 13.8. The van der Waals surface area contributed by atoms with Gasteiger partial charge in [-0.3, -0.25) is 8.98 Å². The van der Waals surface area contributed by atoms with Crippen molar-refractivity contribution in [1.29, 1.82) is 0 Å². The summed E-state index contributed by atoms with van der Waals surface area (Å²) in [6.07, 6.45) is 7.06. The Labute approximate surface area is 194 Å². The van der Waals surface area contributed by atoms with Gasteiger partial charge < -0.3 is 4.74 Å². The maximum absolute atomic E-state index is 13.8. The molecule has 4 bridgehead atoms. The van der Waals surface area contributed by atoms with Crippen LogP contribution in [0.1, 0.15) is 90.4 Å². The lowest BCUT2D eigenvalue weighted by molar-refractivity contribution is -0.171. The Balaban J connectivity index is 1.31. The molecule has 0 aromatic rings. The van der Waals surface area contributed by atoms with Crippen LogP contribution in [0.4, 0.5) is 17.6 Å². The van der Waals surface area contributed by atoms with Crippen LogP contribution >= 0.6 is 0 Å². The summed E-state index contributed by atoms with van der Waals surface area (Å²) < 4.78 is 87.9. The molecule has 4 fully saturated rings. The van der Waals surface area contributed by atoms with Gasteiger partial charge in [0, 0.05) is 6.42 Å². The van der Waals surface area contributed by atoms with Gasteiger partial charge in [-0.05, 0) is 82.0 Å². The summed E-state index contributed by atoms with van der Waals surface area (Å²) in [5.74, 6) is -2.82. The van der Waals surface area contributed by atoms with E-state index < -0.39 is 34.3 Å². The van der Waals surface area contributed by atoms with Crippen molar-refractivity contribution < 1.29 is 39.7 Å². The Morgan fingerprint density at radius 3 is 1.91 bits per heavy atom. The number of esters is 1. The number of hydrogen-bond acceptors (Lipinski definition) is 5. The molecule has 0 amide bonds. The first-order chi connectivity index (χ1) is 15.4. The van der Waals surface area contributed by atoms with Gasteiger partial charge in [-0.1, -0.05) is 19.8 Å². The third-order valence-electron chi connectivity index (χ3n) is 7.57. The van der Waals surface area contributed by atoms with Crippen molar-refractivity contribution in [2.75, 3.05) is 13.2 Å². The normalized spacial score (nSPS) is 29.4. The lowest BCUT2D eigenvalue weighted by Gasteiger charge is -2.55. The van der Waals surface area contributed by atoms with E-state index in [1.165, 1.54) is 19.3 Å². The monoisotopic (exact) mass is 500 g/mol. The third-order valence-corrected chi connectivity index (χ3v) is 8.97. The molecule has 4 saturated carbocycles. The molecule has 0 aromatic carbocycles. The topological polar surface area (TPSA) is 69.7 Å². The van der Waals surface area contributed by atoms with E-state index >= 15 is 0 Å². The Morgan fingerprint density at radius 2 is 1.39 bits per heavy atom. The molecule has 4 aliphatic rings. The van der Waals surface area contributed by atoms with Gasteiger partial charge in [-0.25, -0.2) is 0 Å². The summed E-state index contributed by atoms with van der Waals surface area (Å²) in [7, 11) is -5.73. The fourth-order valence-electron chi connectivity index (χ4n) is 6.21. The van der Waals surface area contributed by atoms with Crippen LogP contribution in [-0.4, -0.2) is 38.8 Å². The standard InChI is InChI=1S/C23H36F4O5S/c1-2-3-8-22(24,25)23(26,27)33(29,30)32-10-7-5-4-6-9-31-20(28)21-14-17-11-18(15-21)13-19(12-17)16-21/h17-19H,2-16H2,1H3. The van der Waals surface area contributed by atoms with E-state index in [9.17, 15) is 30.8 Å². The van der Waals surface area contributed by atoms with E-state index in [0.717, 1.165) is 19.3 Å². The van der Waals surface area contributed by atoms with Crippen molar-refractivity contribution in [2.45, 2.75) is 102 Å². The summed E-state index contributed by atoms with van der Waals surface area (Å²) >= 11 is 0. The predicted molar refractivity (Wildman–Crippen MR) is 114 cm³/mol. The van der Waals surface area contributed by atoms with Crippen LogP contribution in [0.25, 0.3) is 0 Å². The molecule has 0 atom stereocenters. The van der Waals surface area contributed by atoms with Crippen LogP contribution in [0.3, 0.4) is 0 Å². The number of hydrogen-bond donors (Lipinski definition) is 0. The average Bonchev–Trinajstić information content (AvgIpc) is 2.72. The summed E-state index contributed by atoms with van der Waals surface area (Å²) in [5.41, 5.74) is -0.304. The van der Waals surface area contributed by atoms with Crippen LogP contribution in [0.2, 0.25) is 0 Å². The minimum absolute atomic E-state index is 0.0951. The minimum Gasteiger partial charge on any atom is -0.465 e. The van der Waals surface area contributed by atoms with Crippen LogP contribution in [0, 0.1) is 23.2 Å². The van der Waals surface area contributed by atoms with Crippen molar-refractivity contribution in [2.24, 2.45) is 23.2 Å². The largest absolute Gasteiger partial charge is 0.465 e. The van der Waals surface area contributed by atoms with E-state index in [4.69, 9.17) is 4.74 Å². The van der Waals surface area contributed by atoms with Crippen LogP contribution in [0.15, 0.2) is 0 Å². The van der Waals surface area contributed by atoms with Gasteiger partial charge >= 0.3 is 27.3 Å². The molecule has 4 rings (SSSR count). The van der Waals surface area contributed by atoms with E-state index in [0.29, 0.717) is 37.0 Å². The summed E-state index contributed by atoms with van der Waals surface area (Å²) in [6, 6.07) is 0. The highest BCUT2D eigenvalue weighted by molar-refractivity contribution is 7.87. The summed E-state index contributed by atoms with van der Waals surface area (Å²) in [5, 5.41) is -5.26. The molecule has 0 unspecified atom stereocenters. The van der Waals surface area contributed by atoms with E-state index in [1.807, 2.05) is 0 Å². The van der Waals surface area contributed by atoms with Crippen LogP contribution in [-0.2, 0) is 23.8 Å². The Kier molecular flexibility index (Phi) is 8.40. The Hall–Kier alpha value is -0.900. The highest BCUT2D eigenvalue weighted by Crippen LogP contribution is 2.60. The number of ether oxygens (including phenoxy) is 1. The SMILES string of the molecule is CCCCC(F)(F)C(F)(F)S(=O)(=O)OCCCCCCOC(=O)C12CC3CC(CC(C3)C1)C2. The number of alkyl halides is 4. The first-order valence-electron chi connectivity index (χ1n) is 12.2. The first-order valence-corrected chi connectivity index (χ1v) is 13.6. The zero-order valence-electron chi connectivity index (χ0n) is 19.3. The molecular weight excluding hydrogens is 464 g/mol. The molecular formula is C23H36F4O5S. The average molecular weight is 501 g/mol. The van der Waals surface area contributed by atoms with Gasteiger partial charge in [-0.15, -0.1) is 0 Å². The second-order valence-corrected chi connectivity index (χ2v) is 12.0. The molecule has 0 saturated heterocycles. The molecule has 0 N–H and O–H groups in total. The Morgan fingerprint density at radius 1 is 0.879 bits per heavy atom. The highest BCUT2D eigenvalue weighted by Gasteiger charge is 2.65. The zero-order valence-corrected chi connectivity index (χ0v) is 20.1. The second kappa shape index (κ2) is 10.4. The van der Waals surface area contributed by atoms with Crippen LogP contribution in [0.5, 0.6) is 0 Å². The molecule has 0 spiro atoms. The second-order valence-electron chi connectivity index (χ2n) is 10.3. The molecule has 5 nitrogen and oxygen atoms in total. The molecule has 0 aliphatic heterocycles. The van der Waals surface area contributed by atoms with Crippen LogP contribution < -0.4 is 0 Å². The number of carbonyl (C=O) groups is 1. The van der Waals surface area contributed by atoms with Crippen molar-refractivity contribution in [3.05, 3.63) is 0 Å². The highest BCUT2D eigenvalue weighted by atomic mass is 32.2. The quantitative estimate of drug-likeness (QED) is 0.125. The first kappa shape index (κ1) is 26.7. The van der Waals surface area contributed by atoms with Gasteiger partial charge in [0.1, 0.15) is 0 Å².